The van der Waals surface area contributed by atoms with Gasteiger partial charge in [0, 0.05) is 30.5 Å². The number of ketones is 1. The third-order valence-electron chi connectivity index (χ3n) is 7.15. The van der Waals surface area contributed by atoms with Crippen molar-refractivity contribution in [1.82, 2.24) is 10.2 Å². The van der Waals surface area contributed by atoms with Gasteiger partial charge in [-0.05, 0) is 68.5 Å². The molecular weight excluding hydrogens is 348 g/mol. The van der Waals surface area contributed by atoms with Crippen molar-refractivity contribution in [3.63, 3.8) is 0 Å². The van der Waals surface area contributed by atoms with Crippen molar-refractivity contribution in [2.24, 2.45) is 23.2 Å². The Bertz CT molecular complexity index is 711. The molecule has 0 aromatic heterocycles. The van der Waals surface area contributed by atoms with Gasteiger partial charge < -0.3 is 10.2 Å². The third kappa shape index (κ3) is 4.03. The zero-order valence-corrected chi connectivity index (χ0v) is 17.4. The van der Waals surface area contributed by atoms with Crippen molar-refractivity contribution in [1.29, 1.82) is 0 Å². The summed E-state index contributed by atoms with van der Waals surface area (Å²) in [5.41, 5.74) is 2.42. The van der Waals surface area contributed by atoms with Crippen LogP contribution in [0.25, 0.3) is 0 Å². The predicted octanol–water partition coefficient (Wildman–Crippen LogP) is 3.70. The van der Waals surface area contributed by atoms with Gasteiger partial charge in [-0.2, -0.15) is 0 Å². The Morgan fingerprint density at radius 2 is 1.75 bits per heavy atom. The van der Waals surface area contributed by atoms with Crippen LogP contribution in [0, 0.1) is 23.2 Å². The number of nitrogens with one attached hydrogen (secondary N) is 1. The van der Waals surface area contributed by atoms with Crippen LogP contribution in [0.5, 0.6) is 0 Å². The number of amides is 1. The van der Waals surface area contributed by atoms with E-state index in [4.69, 9.17) is 0 Å². The Morgan fingerprint density at radius 1 is 1.11 bits per heavy atom. The quantitative estimate of drug-likeness (QED) is 0.790. The molecule has 2 saturated heterocycles. The van der Waals surface area contributed by atoms with Crippen LogP contribution in [-0.4, -0.2) is 42.8 Å². The second kappa shape index (κ2) is 7.98. The van der Waals surface area contributed by atoms with Crippen molar-refractivity contribution >= 4 is 11.7 Å². The molecule has 3 aliphatic rings. The number of carbonyl (C=O) groups is 2. The number of carbonyl (C=O) groups excluding carboxylic acids is 2. The van der Waals surface area contributed by atoms with Gasteiger partial charge >= 0.3 is 0 Å². The van der Waals surface area contributed by atoms with Crippen LogP contribution >= 0.6 is 0 Å². The first-order chi connectivity index (χ1) is 13.5. The average Bonchev–Trinajstić information content (AvgIpc) is 3.40. The van der Waals surface area contributed by atoms with Crippen LogP contribution in [0.4, 0.5) is 0 Å². The molecule has 0 bridgehead atoms. The Hall–Kier alpha value is -1.68. The van der Waals surface area contributed by atoms with Crippen molar-refractivity contribution in [2.75, 3.05) is 26.2 Å². The van der Waals surface area contributed by atoms with E-state index in [9.17, 15) is 9.59 Å². The molecule has 0 radical (unpaired) electrons. The van der Waals surface area contributed by atoms with E-state index in [2.05, 4.69) is 31.3 Å². The van der Waals surface area contributed by atoms with Crippen LogP contribution in [0.3, 0.4) is 0 Å². The third-order valence-corrected chi connectivity index (χ3v) is 7.15. The number of likely N-dealkylation sites (tertiary alicyclic amines) is 1. The number of nitrogens with zero attached hydrogens (tertiary/aromatic N) is 1. The van der Waals surface area contributed by atoms with Gasteiger partial charge in [0.15, 0.2) is 5.78 Å². The van der Waals surface area contributed by atoms with Gasteiger partial charge in [0.2, 0.25) is 5.91 Å². The summed E-state index contributed by atoms with van der Waals surface area (Å²) in [6, 6.07) is 8.17. The molecule has 4 heteroatoms. The van der Waals surface area contributed by atoms with Crippen molar-refractivity contribution < 1.29 is 9.59 Å². The molecular formula is C24H34N2O2. The summed E-state index contributed by atoms with van der Waals surface area (Å²) in [6.07, 6.45) is 6.03. The number of Topliss-reactive ketones (excluding diaryl/α,β-unsaturated/α-hetero) is 1. The lowest BCUT2D eigenvalue weighted by molar-refractivity contribution is -0.134. The van der Waals surface area contributed by atoms with E-state index in [1.165, 1.54) is 5.56 Å². The van der Waals surface area contributed by atoms with Gasteiger partial charge in [-0.1, -0.05) is 38.1 Å². The highest BCUT2D eigenvalue weighted by molar-refractivity contribution is 5.98. The number of piperidine rings is 2. The van der Waals surface area contributed by atoms with E-state index in [1.807, 2.05) is 17.0 Å². The molecule has 2 heterocycles. The highest BCUT2D eigenvalue weighted by atomic mass is 16.2. The Labute approximate surface area is 169 Å². The fourth-order valence-corrected chi connectivity index (χ4v) is 5.27. The van der Waals surface area contributed by atoms with E-state index < -0.39 is 0 Å². The molecule has 152 valence electrons. The second-order valence-corrected chi connectivity index (χ2v) is 9.63. The summed E-state index contributed by atoms with van der Waals surface area (Å²) < 4.78 is 0. The van der Waals surface area contributed by atoms with E-state index >= 15 is 0 Å². The predicted molar refractivity (Wildman–Crippen MR) is 111 cm³/mol. The maximum Gasteiger partial charge on any atom is 0.226 e. The van der Waals surface area contributed by atoms with E-state index in [0.29, 0.717) is 17.2 Å². The SMILES string of the molecule is CC(C)Cc1ccc(C(=O)C2CCN(C(=O)C3CC34CCNCC4)CC2)cc1. The molecule has 1 unspecified atom stereocenters. The van der Waals surface area contributed by atoms with Crippen LogP contribution in [0.15, 0.2) is 24.3 Å². The molecule has 2 aliphatic heterocycles. The lowest BCUT2D eigenvalue weighted by Gasteiger charge is -2.33. The van der Waals surface area contributed by atoms with Crippen LogP contribution in [-0.2, 0) is 11.2 Å². The number of hydrogen-bond donors (Lipinski definition) is 1. The monoisotopic (exact) mass is 382 g/mol. The minimum Gasteiger partial charge on any atom is -0.342 e. The van der Waals surface area contributed by atoms with Gasteiger partial charge in [-0.3, -0.25) is 9.59 Å². The van der Waals surface area contributed by atoms with E-state index in [-0.39, 0.29) is 17.6 Å². The molecule has 28 heavy (non-hydrogen) atoms. The molecule has 1 aliphatic carbocycles. The summed E-state index contributed by atoms with van der Waals surface area (Å²) in [4.78, 5) is 27.9. The largest absolute Gasteiger partial charge is 0.342 e. The number of hydrogen-bond acceptors (Lipinski definition) is 3. The zero-order valence-electron chi connectivity index (χ0n) is 17.4. The van der Waals surface area contributed by atoms with Gasteiger partial charge in [0.1, 0.15) is 0 Å². The molecule has 1 N–H and O–H groups in total. The van der Waals surface area contributed by atoms with Crippen molar-refractivity contribution in [2.45, 2.75) is 52.4 Å². The summed E-state index contributed by atoms with van der Waals surface area (Å²) in [5.74, 6) is 1.54. The van der Waals surface area contributed by atoms with Crippen LogP contribution < -0.4 is 5.32 Å². The molecule has 4 rings (SSSR count). The van der Waals surface area contributed by atoms with Crippen LogP contribution in [0.2, 0.25) is 0 Å². The van der Waals surface area contributed by atoms with Crippen molar-refractivity contribution in [3.05, 3.63) is 35.4 Å². The van der Waals surface area contributed by atoms with Gasteiger partial charge in [0.25, 0.3) is 0 Å². The minimum atomic E-state index is 0.0621. The summed E-state index contributed by atoms with van der Waals surface area (Å²) in [7, 11) is 0. The zero-order chi connectivity index (χ0) is 19.7. The molecule has 1 aromatic carbocycles. The lowest BCUT2D eigenvalue weighted by atomic mass is 9.87. The summed E-state index contributed by atoms with van der Waals surface area (Å²) >= 11 is 0. The Kier molecular flexibility index (Phi) is 5.59. The Morgan fingerprint density at radius 3 is 2.36 bits per heavy atom. The molecule has 4 nitrogen and oxygen atoms in total. The van der Waals surface area contributed by atoms with Crippen LogP contribution in [0.1, 0.15) is 61.9 Å². The molecule has 1 saturated carbocycles. The first-order valence-corrected chi connectivity index (χ1v) is 11.1. The number of rotatable bonds is 5. The Balaban J connectivity index is 1.29. The first kappa shape index (κ1) is 19.6. The lowest BCUT2D eigenvalue weighted by Crippen LogP contribution is -2.42. The maximum atomic E-state index is 12.9. The molecule has 1 atom stereocenters. The van der Waals surface area contributed by atoms with Gasteiger partial charge in [-0.25, -0.2) is 0 Å². The minimum absolute atomic E-state index is 0.0621. The topological polar surface area (TPSA) is 49.4 Å². The first-order valence-electron chi connectivity index (χ1n) is 11.1. The fourth-order valence-electron chi connectivity index (χ4n) is 5.27. The maximum absolute atomic E-state index is 12.9. The normalized spacial score (nSPS) is 24.5. The highest BCUT2D eigenvalue weighted by Gasteiger charge is 2.58. The van der Waals surface area contributed by atoms with Gasteiger partial charge in [0.05, 0.1) is 0 Å². The van der Waals surface area contributed by atoms with E-state index in [0.717, 1.165) is 70.3 Å². The molecule has 1 aromatic rings. The molecule has 3 fully saturated rings. The molecule has 1 amide bonds. The number of benzene rings is 1. The highest BCUT2D eigenvalue weighted by Crippen LogP contribution is 2.59. The summed E-state index contributed by atoms with van der Waals surface area (Å²) in [5, 5.41) is 3.40. The van der Waals surface area contributed by atoms with Gasteiger partial charge in [-0.15, -0.1) is 0 Å². The molecule has 1 spiro atoms. The summed E-state index contributed by atoms with van der Waals surface area (Å²) in [6.45, 7) is 8.01. The second-order valence-electron chi connectivity index (χ2n) is 9.63. The average molecular weight is 383 g/mol. The standard InChI is InChI=1S/C24H34N2O2/c1-17(2)15-18-3-5-19(6-4-18)22(27)20-7-13-26(14-8-20)23(28)21-16-24(21)9-11-25-12-10-24/h3-6,17,20-21,25H,7-16H2,1-2H3. The fraction of sp³-hybridized carbons (Fsp3) is 0.667. The van der Waals surface area contributed by atoms with Crippen molar-refractivity contribution in [3.8, 4) is 0 Å². The van der Waals surface area contributed by atoms with E-state index in [1.54, 1.807) is 0 Å². The smallest absolute Gasteiger partial charge is 0.226 e.